The second-order valence-corrected chi connectivity index (χ2v) is 9.61. The number of thioether (sulfide) groups is 1. The topological polar surface area (TPSA) is 70.1 Å². The maximum atomic E-state index is 14.5. The van der Waals surface area contributed by atoms with Crippen molar-refractivity contribution in [3.05, 3.63) is 54.1 Å². The highest BCUT2D eigenvalue weighted by atomic mass is 32.2. The number of benzene rings is 2. The lowest BCUT2D eigenvalue weighted by atomic mass is 9.93. The van der Waals surface area contributed by atoms with Gasteiger partial charge < -0.3 is 5.73 Å². The Morgan fingerprint density at radius 3 is 2.03 bits per heavy atom. The molecule has 2 aromatic rings. The lowest BCUT2D eigenvalue weighted by molar-refractivity contribution is -0.128. The van der Waals surface area contributed by atoms with Gasteiger partial charge in [-0.05, 0) is 60.3 Å². The number of amides is 1. The van der Waals surface area contributed by atoms with E-state index in [9.17, 15) is 18.8 Å². The number of rotatable bonds is 10. The summed E-state index contributed by atoms with van der Waals surface area (Å²) < 4.78 is 29.0. The van der Waals surface area contributed by atoms with Crippen LogP contribution in [0.25, 0.3) is 11.1 Å². The fourth-order valence-electron chi connectivity index (χ4n) is 4.20. The molecule has 7 heteroatoms. The third-order valence-corrected chi connectivity index (χ3v) is 6.74. The lowest BCUT2D eigenvalue weighted by Gasteiger charge is -2.40. The number of carbonyl (C=O) groups is 1. The Morgan fingerprint density at radius 1 is 1.12 bits per heavy atom. The number of hydrogen-bond acceptors (Lipinski definition) is 4. The largest absolute Gasteiger partial charge is 0.368 e. The number of primary amides is 1. The van der Waals surface area contributed by atoms with Crippen LogP contribution < -0.4 is 5.73 Å². The number of halogens is 2. The van der Waals surface area contributed by atoms with E-state index in [0.717, 1.165) is 16.0 Å². The third kappa shape index (κ3) is 5.13. The van der Waals surface area contributed by atoms with Crippen molar-refractivity contribution in [1.82, 2.24) is 4.90 Å². The van der Waals surface area contributed by atoms with Gasteiger partial charge in [0.2, 0.25) is 5.91 Å². The van der Waals surface area contributed by atoms with Gasteiger partial charge in [0.15, 0.2) is 0 Å². The summed E-state index contributed by atoms with van der Waals surface area (Å²) in [5, 5.41) is 9.81. The van der Waals surface area contributed by atoms with Gasteiger partial charge in [0.1, 0.15) is 5.54 Å². The number of nitrogens with zero attached hydrogens (tertiary/aromatic N) is 2. The van der Waals surface area contributed by atoms with E-state index in [4.69, 9.17) is 5.73 Å². The summed E-state index contributed by atoms with van der Waals surface area (Å²) in [5.41, 5.74) is 6.87. The highest BCUT2D eigenvalue weighted by Gasteiger charge is 2.56. The van der Waals surface area contributed by atoms with Crippen LogP contribution in [0.15, 0.2) is 53.4 Å². The predicted molar refractivity (Wildman–Crippen MR) is 124 cm³/mol. The van der Waals surface area contributed by atoms with Gasteiger partial charge in [-0.3, -0.25) is 9.69 Å². The van der Waals surface area contributed by atoms with E-state index >= 15 is 0 Å². The molecule has 1 aliphatic carbocycles. The van der Waals surface area contributed by atoms with Gasteiger partial charge in [-0.1, -0.05) is 50.2 Å². The summed E-state index contributed by atoms with van der Waals surface area (Å²) in [6, 6.07) is 14.9. The average Bonchev–Trinajstić information content (AvgIpc) is 3.57. The minimum Gasteiger partial charge on any atom is -0.368 e. The van der Waals surface area contributed by atoms with Gasteiger partial charge in [-0.15, -0.1) is 11.8 Å². The first-order chi connectivity index (χ1) is 15.2. The molecule has 1 saturated carbocycles. The first-order valence-electron chi connectivity index (χ1n) is 10.7. The second kappa shape index (κ2) is 10.0. The minimum atomic E-state index is -2.78. The fraction of sp³-hybridized carbons (Fsp3) is 0.440. The van der Waals surface area contributed by atoms with E-state index < -0.39 is 30.0 Å². The molecule has 0 aromatic heterocycles. The Morgan fingerprint density at radius 2 is 1.66 bits per heavy atom. The summed E-state index contributed by atoms with van der Waals surface area (Å²) >= 11 is 1.65. The number of carbonyl (C=O) groups excluding carboxylic acids is 1. The zero-order valence-corrected chi connectivity index (χ0v) is 19.4. The molecule has 32 heavy (non-hydrogen) atoms. The number of nitrogens with two attached hydrogens (primary N) is 1. The number of nitriles is 1. The van der Waals surface area contributed by atoms with E-state index in [2.05, 4.69) is 6.07 Å². The van der Waals surface area contributed by atoms with E-state index in [1.807, 2.05) is 56.5 Å². The van der Waals surface area contributed by atoms with Gasteiger partial charge in [0.25, 0.3) is 6.43 Å². The predicted octanol–water partition coefficient (Wildman–Crippen LogP) is 5.64. The SMILES string of the molecule is CSc1ccc(-c2ccc([C@@H](C(F)F)N([C@@H](CC(C)C)C(N)=O)C3(C#N)CC3)cc2)cc1. The summed E-state index contributed by atoms with van der Waals surface area (Å²) in [6.45, 7) is 3.82. The van der Waals surface area contributed by atoms with Crippen LogP contribution in [-0.2, 0) is 4.79 Å². The molecule has 0 bridgehead atoms. The standard InChI is InChI=1S/C25H29F2N3OS/c1-16(2)14-21(24(29)31)30(25(15-28)12-13-25)22(23(26)27)19-6-4-17(5-7-19)18-8-10-20(32-3)11-9-18/h4-11,16,21-23H,12-14H2,1-3H3,(H2,29,31)/t21-,22-/m0/s1. The molecule has 1 aliphatic rings. The Hall–Kier alpha value is -2.43. The quantitative estimate of drug-likeness (QED) is 0.469. The van der Waals surface area contributed by atoms with Crippen molar-refractivity contribution in [2.75, 3.05) is 6.26 Å². The van der Waals surface area contributed by atoms with Gasteiger partial charge in [-0.2, -0.15) is 5.26 Å². The van der Waals surface area contributed by atoms with Crippen LogP contribution in [-0.4, -0.2) is 35.1 Å². The molecular formula is C25H29F2N3OS. The van der Waals surface area contributed by atoms with Crippen molar-refractivity contribution in [3.63, 3.8) is 0 Å². The second-order valence-electron chi connectivity index (χ2n) is 8.73. The van der Waals surface area contributed by atoms with E-state index in [0.29, 0.717) is 24.8 Å². The van der Waals surface area contributed by atoms with Crippen molar-refractivity contribution in [2.45, 2.75) is 62.1 Å². The summed E-state index contributed by atoms with van der Waals surface area (Å²) in [7, 11) is 0. The average molecular weight is 458 g/mol. The van der Waals surface area contributed by atoms with Crippen LogP contribution in [0.2, 0.25) is 0 Å². The molecule has 170 valence electrons. The maximum Gasteiger partial charge on any atom is 0.258 e. The zero-order chi connectivity index (χ0) is 23.5. The molecule has 0 aliphatic heterocycles. The molecular weight excluding hydrogens is 428 g/mol. The first kappa shape index (κ1) is 24.2. The summed E-state index contributed by atoms with van der Waals surface area (Å²) in [6.07, 6.45) is 0.457. The number of alkyl halides is 2. The fourth-order valence-corrected chi connectivity index (χ4v) is 4.61. The number of hydrogen-bond donors (Lipinski definition) is 1. The van der Waals surface area contributed by atoms with Gasteiger partial charge >= 0.3 is 0 Å². The molecule has 2 aromatic carbocycles. The lowest BCUT2D eigenvalue weighted by Crippen LogP contribution is -2.54. The van der Waals surface area contributed by atoms with Crippen LogP contribution in [0.1, 0.15) is 44.7 Å². The van der Waals surface area contributed by atoms with E-state index in [1.54, 1.807) is 23.9 Å². The molecule has 1 amide bonds. The normalized spacial score (nSPS) is 16.7. The maximum absolute atomic E-state index is 14.5. The molecule has 1 fully saturated rings. The van der Waals surface area contributed by atoms with Crippen LogP contribution >= 0.6 is 11.8 Å². The van der Waals surface area contributed by atoms with Crippen molar-refractivity contribution in [1.29, 1.82) is 5.26 Å². The summed E-state index contributed by atoms with van der Waals surface area (Å²) in [5.74, 6) is -0.606. The van der Waals surface area contributed by atoms with Crippen LogP contribution in [0, 0.1) is 17.2 Å². The van der Waals surface area contributed by atoms with Gasteiger partial charge in [-0.25, -0.2) is 8.78 Å². The van der Waals surface area contributed by atoms with E-state index in [1.165, 1.54) is 4.90 Å². The van der Waals surface area contributed by atoms with Crippen LogP contribution in [0.4, 0.5) is 8.78 Å². The Labute approximate surface area is 192 Å². The van der Waals surface area contributed by atoms with Crippen molar-refractivity contribution in [3.8, 4) is 17.2 Å². The Bertz CT molecular complexity index is 966. The minimum absolute atomic E-state index is 0.0643. The molecule has 0 unspecified atom stereocenters. The molecule has 0 radical (unpaired) electrons. The third-order valence-electron chi connectivity index (χ3n) is 6.00. The van der Waals surface area contributed by atoms with Gasteiger partial charge in [0.05, 0.1) is 18.2 Å². The Balaban J connectivity index is 2.00. The van der Waals surface area contributed by atoms with Crippen molar-refractivity contribution in [2.24, 2.45) is 11.7 Å². The zero-order valence-electron chi connectivity index (χ0n) is 18.6. The molecule has 0 saturated heterocycles. The first-order valence-corrected chi connectivity index (χ1v) is 12.0. The molecule has 0 heterocycles. The van der Waals surface area contributed by atoms with Crippen molar-refractivity contribution < 1.29 is 13.6 Å². The highest BCUT2D eigenvalue weighted by Crippen LogP contribution is 2.49. The highest BCUT2D eigenvalue weighted by molar-refractivity contribution is 7.98. The molecule has 2 N–H and O–H groups in total. The van der Waals surface area contributed by atoms with Gasteiger partial charge in [0, 0.05) is 4.90 Å². The smallest absolute Gasteiger partial charge is 0.258 e. The van der Waals surface area contributed by atoms with Crippen molar-refractivity contribution >= 4 is 17.7 Å². The summed E-state index contributed by atoms with van der Waals surface area (Å²) in [4.78, 5) is 14.9. The van der Waals surface area contributed by atoms with E-state index in [-0.39, 0.29) is 5.92 Å². The van der Waals surface area contributed by atoms with Crippen LogP contribution in [0.3, 0.4) is 0 Å². The van der Waals surface area contributed by atoms with Crippen LogP contribution in [0.5, 0.6) is 0 Å². The molecule has 3 rings (SSSR count). The monoisotopic (exact) mass is 457 g/mol. The molecule has 0 spiro atoms. The molecule has 2 atom stereocenters. The molecule has 4 nitrogen and oxygen atoms in total. The Kier molecular flexibility index (Phi) is 7.58.